The zero-order chi connectivity index (χ0) is 19.3. The minimum absolute atomic E-state index is 0.0371. The molecule has 0 saturated heterocycles. The van der Waals surface area contributed by atoms with Crippen LogP contribution in [0, 0.1) is 20.8 Å². The Bertz CT molecular complexity index is 811. The summed E-state index contributed by atoms with van der Waals surface area (Å²) in [5.41, 5.74) is 6.04. The van der Waals surface area contributed by atoms with E-state index >= 15 is 0 Å². The van der Waals surface area contributed by atoms with Crippen molar-refractivity contribution in [3.63, 3.8) is 0 Å². The van der Waals surface area contributed by atoms with E-state index in [0.717, 1.165) is 28.9 Å². The fourth-order valence-electron chi connectivity index (χ4n) is 2.74. The molecular weight excluding hydrogens is 322 g/mol. The number of amides is 1. The first kappa shape index (κ1) is 19.7. The molecular formula is C22H29N3O. The van der Waals surface area contributed by atoms with Crippen molar-refractivity contribution in [3.05, 3.63) is 64.2 Å². The molecule has 0 spiro atoms. The summed E-state index contributed by atoms with van der Waals surface area (Å²) in [6, 6.07) is 12.0. The van der Waals surface area contributed by atoms with Gasteiger partial charge in [-0.1, -0.05) is 24.3 Å². The van der Waals surface area contributed by atoms with Gasteiger partial charge in [0.25, 0.3) is 5.91 Å². The highest BCUT2D eigenvalue weighted by atomic mass is 16.2. The van der Waals surface area contributed by atoms with E-state index in [-0.39, 0.29) is 5.91 Å². The summed E-state index contributed by atoms with van der Waals surface area (Å²) in [5, 5.41) is 0. The molecule has 4 heteroatoms. The second-order valence-corrected chi connectivity index (χ2v) is 6.79. The van der Waals surface area contributed by atoms with Crippen molar-refractivity contribution in [3.8, 4) is 0 Å². The van der Waals surface area contributed by atoms with Crippen LogP contribution in [0.1, 0.15) is 39.5 Å². The lowest BCUT2D eigenvalue weighted by Crippen LogP contribution is -2.27. The lowest BCUT2D eigenvalue weighted by molar-refractivity contribution is 0.0784. The van der Waals surface area contributed by atoms with E-state index in [0.29, 0.717) is 6.54 Å². The number of rotatable bonds is 6. The third-order valence-electron chi connectivity index (χ3n) is 4.90. The lowest BCUT2D eigenvalue weighted by Gasteiger charge is -2.20. The van der Waals surface area contributed by atoms with Crippen LogP contribution in [0.25, 0.3) is 0 Å². The predicted molar refractivity (Wildman–Crippen MR) is 109 cm³/mol. The van der Waals surface area contributed by atoms with Gasteiger partial charge in [0, 0.05) is 32.7 Å². The van der Waals surface area contributed by atoms with Crippen LogP contribution in [0.3, 0.4) is 0 Å². The van der Waals surface area contributed by atoms with Gasteiger partial charge in [0.15, 0.2) is 0 Å². The molecule has 2 aromatic carbocycles. The number of carbonyl (C=O) groups is 1. The Kier molecular flexibility index (Phi) is 6.56. The van der Waals surface area contributed by atoms with E-state index in [2.05, 4.69) is 31.0 Å². The summed E-state index contributed by atoms with van der Waals surface area (Å²) in [6.45, 7) is 9.67. The Morgan fingerprint density at radius 2 is 1.73 bits per heavy atom. The second-order valence-electron chi connectivity index (χ2n) is 6.79. The Labute approximate surface area is 157 Å². The highest BCUT2D eigenvalue weighted by molar-refractivity contribution is 5.96. The van der Waals surface area contributed by atoms with Crippen molar-refractivity contribution in [1.82, 2.24) is 9.80 Å². The van der Waals surface area contributed by atoms with Crippen molar-refractivity contribution >= 4 is 17.9 Å². The highest BCUT2D eigenvalue weighted by Gasteiger charge is 2.17. The maximum atomic E-state index is 12.9. The van der Waals surface area contributed by atoms with E-state index in [4.69, 9.17) is 0 Å². The van der Waals surface area contributed by atoms with E-state index in [1.165, 1.54) is 11.1 Å². The Morgan fingerprint density at radius 3 is 2.38 bits per heavy atom. The molecule has 2 rings (SSSR count). The molecule has 2 aromatic rings. The van der Waals surface area contributed by atoms with Gasteiger partial charge >= 0.3 is 0 Å². The van der Waals surface area contributed by atoms with Gasteiger partial charge in [-0.15, -0.1) is 0 Å². The minimum Gasteiger partial charge on any atom is -0.366 e. The maximum Gasteiger partial charge on any atom is 0.254 e. The number of nitrogens with zero attached hydrogens (tertiary/aromatic N) is 3. The molecule has 0 aromatic heterocycles. The van der Waals surface area contributed by atoms with Crippen LogP contribution in [0.2, 0.25) is 0 Å². The first-order valence-corrected chi connectivity index (χ1v) is 8.99. The summed E-state index contributed by atoms with van der Waals surface area (Å²) in [5.74, 6) is 0.0371. The molecule has 0 N–H and O–H groups in total. The van der Waals surface area contributed by atoms with Crippen LogP contribution >= 0.6 is 0 Å². The molecule has 4 nitrogen and oxygen atoms in total. The Balaban J connectivity index is 2.22. The number of aliphatic imine (C=N–C) groups is 1. The molecule has 0 bridgehead atoms. The summed E-state index contributed by atoms with van der Waals surface area (Å²) in [4.78, 5) is 21.3. The van der Waals surface area contributed by atoms with Gasteiger partial charge in [0.05, 0.1) is 12.0 Å². The molecule has 138 valence electrons. The van der Waals surface area contributed by atoms with Crippen LogP contribution in [-0.2, 0) is 6.54 Å². The van der Waals surface area contributed by atoms with Crippen molar-refractivity contribution in [2.75, 3.05) is 20.6 Å². The largest absolute Gasteiger partial charge is 0.366 e. The third kappa shape index (κ3) is 4.51. The Hall–Kier alpha value is -2.62. The van der Waals surface area contributed by atoms with Gasteiger partial charge in [0.2, 0.25) is 0 Å². The number of hydrogen-bond donors (Lipinski definition) is 0. The van der Waals surface area contributed by atoms with Crippen LogP contribution < -0.4 is 0 Å². The highest BCUT2D eigenvalue weighted by Crippen LogP contribution is 2.25. The average molecular weight is 351 g/mol. The molecule has 0 heterocycles. The fraction of sp³-hybridized carbons (Fsp3) is 0.364. The van der Waals surface area contributed by atoms with Gasteiger partial charge in [-0.2, -0.15) is 0 Å². The minimum atomic E-state index is 0.0371. The number of benzene rings is 2. The van der Waals surface area contributed by atoms with E-state index in [9.17, 15) is 4.79 Å². The monoisotopic (exact) mass is 351 g/mol. The van der Waals surface area contributed by atoms with Crippen molar-refractivity contribution in [1.29, 1.82) is 0 Å². The molecule has 0 aliphatic carbocycles. The summed E-state index contributed by atoms with van der Waals surface area (Å²) >= 11 is 0. The number of carbonyl (C=O) groups excluding carboxylic acids is 1. The van der Waals surface area contributed by atoms with Crippen molar-refractivity contribution in [2.45, 2.75) is 34.2 Å². The van der Waals surface area contributed by atoms with Gasteiger partial charge in [-0.25, -0.2) is 4.99 Å². The smallest absolute Gasteiger partial charge is 0.254 e. The number of hydrogen-bond acceptors (Lipinski definition) is 2. The first-order valence-electron chi connectivity index (χ1n) is 8.99. The fourth-order valence-corrected chi connectivity index (χ4v) is 2.74. The SMILES string of the molecule is CCN(C)C=Nc1ccc(C(=O)N(C)Cc2ccccc2C)c(C)c1C. The molecule has 0 radical (unpaired) electrons. The van der Waals surface area contributed by atoms with Crippen LogP contribution in [0.15, 0.2) is 41.4 Å². The third-order valence-corrected chi connectivity index (χ3v) is 4.90. The molecule has 1 amide bonds. The van der Waals surface area contributed by atoms with Crippen LogP contribution in [-0.4, -0.2) is 42.7 Å². The quantitative estimate of drug-likeness (QED) is 0.568. The topological polar surface area (TPSA) is 35.9 Å². The van der Waals surface area contributed by atoms with E-state index in [1.54, 1.807) is 4.90 Å². The van der Waals surface area contributed by atoms with Crippen LogP contribution in [0.4, 0.5) is 5.69 Å². The first-order chi connectivity index (χ1) is 12.3. The second kappa shape index (κ2) is 8.65. The van der Waals surface area contributed by atoms with Crippen molar-refractivity contribution in [2.24, 2.45) is 4.99 Å². The van der Waals surface area contributed by atoms with E-state index < -0.39 is 0 Å². The number of aryl methyl sites for hydroxylation is 1. The Morgan fingerprint density at radius 1 is 1.04 bits per heavy atom. The molecule has 0 fully saturated rings. The zero-order valence-electron chi connectivity index (χ0n) is 16.7. The zero-order valence-corrected chi connectivity index (χ0v) is 16.7. The summed E-state index contributed by atoms with van der Waals surface area (Å²) in [7, 11) is 3.84. The molecule has 0 unspecified atom stereocenters. The molecule has 0 aliphatic heterocycles. The van der Waals surface area contributed by atoms with Gasteiger partial charge in [0.1, 0.15) is 0 Å². The molecule has 0 aliphatic rings. The van der Waals surface area contributed by atoms with Gasteiger partial charge < -0.3 is 9.80 Å². The van der Waals surface area contributed by atoms with Gasteiger partial charge in [-0.05, 0) is 62.1 Å². The molecule has 26 heavy (non-hydrogen) atoms. The maximum absolute atomic E-state index is 12.9. The molecule has 0 atom stereocenters. The summed E-state index contributed by atoms with van der Waals surface area (Å²) < 4.78 is 0. The normalized spacial score (nSPS) is 11.0. The van der Waals surface area contributed by atoms with E-state index in [1.807, 2.05) is 63.4 Å². The van der Waals surface area contributed by atoms with Crippen LogP contribution in [0.5, 0.6) is 0 Å². The van der Waals surface area contributed by atoms with Crippen molar-refractivity contribution < 1.29 is 4.79 Å². The molecule has 0 saturated carbocycles. The predicted octanol–water partition coefficient (Wildman–Crippen LogP) is 4.50. The lowest BCUT2D eigenvalue weighted by atomic mass is 10.0. The van der Waals surface area contributed by atoms with Gasteiger partial charge in [-0.3, -0.25) is 4.79 Å². The summed E-state index contributed by atoms with van der Waals surface area (Å²) in [6.07, 6.45) is 1.83. The average Bonchev–Trinajstić information content (AvgIpc) is 2.64. The standard InChI is InChI=1S/C22H29N3O/c1-7-24(5)15-23-21-13-12-20(17(3)18(21)4)22(26)25(6)14-19-11-9-8-10-16(19)2/h8-13,15H,7,14H2,1-6H3.